The molecule has 0 amide bonds. The number of hydrogen-bond donors (Lipinski definition) is 0. The second kappa shape index (κ2) is 9.62. The molecule has 1 unspecified atom stereocenters. The van der Waals surface area contributed by atoms with Crippen LogP contribution in [-0.2, 0) is 20.8 Å². The van der Waals surface area contributed by atoms with E-state index < -0.39 is 17.8 Å². The molecule has 2 aromatic carbocycles. The van der Waals surface area contributed by atoms with E-state index in [1.54, 1.807) is 22.9 Å². The molecule has 0 N–H and O–H groups in total. The molecule has 2 saturated heterocycles. The van der Waals surface area contributed by atoms with Gasteiger partial charge in [0, 0.05) is 11.8 Å². The summed E-state index contributed by atoms with van der Waals surface area (Å²) in [6, 6.07) is 17.2. The second-order valence-electron chi connectivity index (χ2n) is 9.09. The predicted octanol–water partition coefficient (Wildman–Crippen LogP) is 5.11. The molecule has 7 nitrogen and oxygen atoms in total. The van der Waals surface area contributed by atoms with Crippen molar-refractivity contribution in [1.82, 2.24) is 9.55 Å². The monoisotopic (exact) mass is 492 g/mol. The normalized spacial score (nSPS) is 25.1. The Morgan fingerprint density at radius 2 is 1.91 bits per heavy atom. The van der Waals surface area contributed by atoms with E-state index in [9.17, 15) is 4.79 Å². The van der Waals surface area contributed by atoms with E-state index >= 15 is 0 Å². The molecule has 0 aliphatic carbocycles. The van der Waals surface area contributed by atoms with Crippen LogP contribution in [0.25, 0.3) is 0 Å². The lowest BCUT2D eigenvalue weighted by Gasteiger charge is -2.31. The molecule has 0 radical (unpaired) electrons. The number of nitrogens with zero attached hydrogens (tertiary/aromatic N) is 2. The van der Waals surface area contributed by atoms with Gasteiger partial charge in [-0.2, -0.15) is 4.98 Å². The standard InChI is InChI=1S/C27H28N2O5S/c1-4-27-16-32-21(22(27)31-15-19-8-6-5-7-9-19)24(34-27)29-14-18(3)23(28-26(29)35)33-25(30)20-12-10-17(2)11-13-20/h5-14,21-22,24H,4,15-16H2,1-3H3/t21-,22?,24+,27+/m0/s1. The maximum Gasteiger partial charge on any atom is 0.344 e. The smallest absolute Gasteiger partial charge is 0.344 e. The number of ether oxygens (including phenoxy) is 4. The number of aryl methyl sites for hydroxylation is 2. The first-order valence-electron chi connectivity index (χ1n) is 11.7. The van der Waals surface area contributed by atoms with E-state index in [1.807, 2.05) is 56.3 Å². The van der Waals surface area contributed by atoms with Crippen LogP contribution in [0.3, 0.4) is 0 Å². The lowest BCUT2D eigenvalue weighted by atomic mass is 9.96. The topological polar surface area (TPSA) is 71.8 Å². The van der Waals surface area contributed by atoms with E-state index in [4.69, 9.17) is 31.2 Å². The summed E-state index contributed by atoms with van der Waals surface area (Å²) in [5.74, 6) is -0.297. The fourth-order valence-corrected chi connectivity index (χ4v) is 4.87. The van der Waals surface area contributed by atoms with Crippen molar-refractivity contribution < 1.29 is 23.7 Å². The van der Waals surface area contributed by atoms with Crippen LogP contribution in [0.15, 0.2) is 60.8 Å². The molecular formula is C27H28N2O5S. The number of fused-ring (bicyclic) bond motifs is 2. The number of hydrogen-bond acceptors (Lipinski definition) is 7. The molecule has 2 bridgehead atoms. The van der Waals surface area contributed by atoms with Gasteiger partial charge in [0.2, 0.25) is 10.7 Å². The Kier molecular flexibility index (Phi) is 6.55. The maximum absolute atomic E-state index is 12.6. The van der Waals surface area contributed by atoms with Gasteiger partial charge >= 0.3 is 5.97 Å². The van der Waals surface area contributed by atoms with E-state index in [-0.39, 0.29) is 22.9 Å². The SMILES string of the molecule is CC[C@@]12CO[C@@H](C1OCc1ccccc1)[C@H](n1cc(C)c(OC(=O)c3ccc(C)cc3)nc1=S)O2. The van der Waals surface area contributed by atoms with Gasteiger partial charge in [0.15, 0.2) is 6.23 Å². The number of carbonyl (C=O) groups excluding carboxylic acids is 1. The lowest BCUT2D eigenvalue weighted by Crippen LogP contribution is -2.41. The Hall–Kier alpha value is -2.91. The number of carbonyl (C=O) groups is 1. The highest BCUT2D eigenvalue weighted by atomic mass is 32.1. The zero-order valence-electron chi connectivity index (χ0n) is 20.0. The van der Waals surface area contributed by atoms with Crippen molar-refractivity contribution >= 4 is 18.2 Å². The molecule has 3 aromatic rings. The molecule has 0 spiro atoms. The van der Waals surface area contributed by atoms with Crippen LogP contribution in [0.5, 0.6) is 5.88 Å². The van der Waals surface area contributed by atoms with Crippen LogP contribution < -0.4 is 4.74 Å². The van der Waals surface area contributed by atoms with Gasteiger partial charge in [-0.1, -0.05) is 55.0 Å². The molecule has 2 aliphatic rings. The van der Waals surface area contributed by atoms with Gasteiger partial charge in [-0.25, -0.2) is 4.79 Å². The average molecular weight is 493 g/mol. The van der Waals surface area contributed by atoms with Crippen LogP contribution in [0.4, 0.5) is 0 Å². The molecule has 5 rings (SSSR count). The molecule has 2 aliphatic heterocycles. The number of rotatable bonds is 7. The summed E-state index contributed by atoms with van der Waals surface area (Å²) >= 11 is 5.57. The third kappa shape index (κ3) is 4.54. The Morgan fingerprint density at radius 3 is 2.63 bits per heavy atom. The highest BCUT2D eigenvalue weighted by Gasteiger charge is 2.62. The van der Waals surface area contributed by atoms with Crippen molar-refractivity contribution in [2.75, 3.05) is 6.61 Å². The van der Waals surface area contributed by atoms with Crippen molar-refractivity contribution in [3.05, 3.63) is 87.8 Å². The summed E-state index contributed by atoms with van der Waals surface area (Å²) in [7, 11) is 0. The first-order chi connectivity index (χ1) is 16.9. The molecule has 4 atom stereocenters. The van der Waals surface area contributed by atoms with Crippen LogP contribution in [-0.4, -0.2) is 39.9 Å². The third-order valence-corrected chi connectivity index (χ3v) is 6.99. The summed E-state index contributed by atoms with van der Waals surface area (Å²) in [5, 5.41) is 0. The van der Waals surface area contributed by atoms with Gasteiger partial charge in [0.1, 0.15) is 17.8 Å². The van der Waals surface area contributed by atoms with Gasteiger partial charge in [0.05, 0.1) is 18.8 Å². The molecule has 8 heteroatoms. The maximum atomic E-state index is 12.6. The highest BCUT2D eigenvalue weighted by Crippen LogP contribution is 2.48. The Balaban J connectivity index is 1.36. The Labute approximate surface area is 209 Å². The fourth-order valence-electron chi connectivity index (χ4n) is 4.63. The van der Waals surface area contributed by atoms with Crippen molar-refractivity contribution in [2.24, 2.45) is 0 Å². The van der Waals surface area contributed by atoms with E-state index in [2.05, 4.69) is 11.9 Å². The predicted molar refractivity (Wildman–Crippen MR) is 132 cm³/mol. The quantitative estimate of drug-likeness (QED) is 0.335. The van der Waals surface area contributed by atoms with Crippen molar-refractivity contribution in [1.29, 1.82) is 0 Å². The minimum atomic E-state index is -0.552. The summed E-state index contributed by atoms with van der Waals surface area (Å²) in [4.78, 5) is 17.0. The summed E-state index contributed by atoms with van der Waals surface area (Å²) in [5.41, 5.74) is 2.72. The number of aromatic nitrogens is 2. The zero-order valence-corrected chi connectivity index (χ0v) is 20.8. The molecule has 35 heavy (non-hydrogen) atoms. The average Bonchev–Trinajstić information content (AvgIpc) is 3.38. The van der Waals surface area contributed by atoms with Crippen LogP contribution >= 0.6 is 12.2 Å². The van der Waals surface area contributed by atoms with Crippen molar-refractivity contribution in [3.8, 4) is 5.88 Å². The van der Waals surface area contributed by atoms with Crippen molar-refractivity contribution in [3.63, 3.8) is 0 Å². The van der Waals surface area contributed by atoms with Crippen molar-refractivity contribution in [2.45, 2.75) is 57.8 Å². The highest BCUT2D eigenvalue weighted by molar-refractivity contribution is 7.71. The van der Waals surface area contributed by atoms with Gasteiger partial charge in [-0.15, -0.1) is 0 Å². The first kappa shape index (κ1) is 23.8. The molecular weight excluding hydrogens is 464 g/mol. The van der Waals surface area contributed by atoms with Gasteiger partial charge in [-0.05, 0) is 50.2 Å². The summed E-state index contributed by atoms with van der Waals surface area (Å²) in [6.07, 6.45) is 1.50. The van der Waals surface area contributed by atoms with Gasteiger partial charge in [-0.3, -0.25) is 4.57 Å². The fraction of sp³-hybridized carbons (Fsp3) is 0.370. The minimum absolute atomic E-state index is 0.183. The number of benzene rings is 2. The first-order valence-corrected chi connectivity index (χ1v) is 12.1. The van der Waals surface area contributed by atoms with E-state index in [0.717, 1.165) is 17.5 Å². The molecule has 182 valence electrons. The van der Waals surface area contributed by atoms with E-state index in [1.165, 1.54) is 0 Å². The molecule has 3 heterocycles. The van der Waals surface area contributed by atoms with Crippen LogP contribution in [0.1, 0.15) is 46.6 Å². The molecule has 2 fully saturated rings. The number of esters is 1. The largest absolute Gasteiger partial charge is 0.403 e. The second-order valence-corrected chi connectivity index (χ2v) is 9.46. The van der Waals surface area contributed by atoms with Gasteiger partial charge in [0.25, 0.3) is 0 Å². The minimum Gasteiger partial charge on any atom is -0.403 e. The van der Waals surface area contributed by atoms with Crippen LogP contribution in [0, 0.1) is 18.6 Å². The Morgan fingerprint density at radius 1 is 1.17 bits per heavy atom. The summed E-state index contributed by atoms with van der Waals surface area (Å²) < 4.78 is 26.6. The molecule has 0 saturated carbocycles. The van der Waals surface area contributed by atoms with Crippen LogP contribution in [0.2, 0.25) is 0 Å². The lowest BCUT2D eigenvalue weighted by molar-refractivity contribution is -0.176. The Bertz CT molecular complexity index is 1280. The summed E-state index contributed by atoms with van der Waals surface area (Å²) in [6.45, 7) is 6.80. The molecule has 1 aromatic heterocycles. The zero-order chi connectivity index (χ0) is 24.6. The van der Waals surface area contributed by atoms with Gasteiger partial charge < -0.3 is 18.9 Å². The third-order valence-electron chi connectivity index (χ3n) is 6.68. The van der Waals surface area contributed by atoms with E-state index in [0.29, 0.717) is 24.3 Å².